The molecule has 1 spiro atoms. The van der Waals surface area contributed by atoms with Gasteiger partial charge in [-0.2, -0.15) is 0 Å². The minimum Gasteiger partial charge on any atom is -0.317 e. The lowest BCUT2D eigenvalue weighted by Gasteiger charge is -2.32. The van der Waals surface area contributed by atoms with Gasteiger partial charge in [0, 0.05) is 7.97 Å². The lowest BCUT2D eigenvalue weighted by Crippen LogP contribution is -2.37. The van der Waals surface area contributed by atoms with Crippen LogP contribution < -0.4 is 10.6 Å². The summed E-state index contributed by atoms with van der Waals surface area (Å²) >= 11 is 0. The van der Waals surface area contributed by atoms with Crippen molar-refractivity contribution >= 4 is 0 Å². The van der Waals surface area contributed by atoms with Gasteiger partial charge in [0.1, 0.15) is 0 Å². The Morgan fingerprint density at radius 1 is 0.917 bits per heavy atom. The normalized spacial score (nSPS) is 26.5. The van der Waals surface area contributed by atoms with E-state index in [1.165, 1.54) is 45.4 Å². The van der Waals surface area contributed by atoms with Gasteiger partial charge in [-0.15, -0.1) is 0 Å². The third-order valence-electron chi connectivity index (χ3n) is 3.00. The van der Waals surface area contributed by atoms with Crippen molar-refractivity contribution in [3.63, 3.8) is 0 Å². The predicted octanol–water partition coefficient (Wildman–Crippen LogP) is 1.62. The summed E-state index contributed by atoms with van der Waals surface area (Å²) in [5, 5.41) is 6.86. The summed E-state index contributed by atoms with van der Waals surface area (Å²) < 4.78 is 0. The van der Waals surface area contributed by atoms with Crippen LogP contribution in [-0.2, 0) is 0 Å². The molecule has 0 bridgehead atoms. The highest BCUT2D eigenvalue weighted by Crippen LogP contribution is 2.34. The van der Waals surface area contributed by atoms with E-state index in [0.29, 0.717) is 5.41 Å². The van der Waals surface area contributed by atoms with Gasteiger partial charge in [-0.05, 0) is 44.3 Å². The van der Waals surface area contributed by atoms with Crippen LogP contribution in [0.15, 0.2) is 0 Å². The Hall–Kier alpha value is -0.0800. The minimum absolute atomic E-state index is 0. The average Bonchev–Trinajstić information content (AvgIpc) is 2.58. The first-order valence-corrected chi connectivity index (χ1v) is 5.33. The van der Waals surface area contributed by atoms with E-state index in [2.05, 4.69) is 10.6 Å². The van der Waals surface area contributed by atoms with Crippen molar-refractivity contribution in [1.29, 1.82) is 0 Å². The van der Waals surface area contributed by atoms with E-state index in [1.54, 1.807) is 0 Å². The Morgan fingerprint density at radius 2 is 1.42 bits per heavy atom. The maximum atomic E-state index is 3.46. The van der Waals surface area contributed by atoms with Gasteiger partial charge in [0.25, 0.3) is 0 Å². The van der Waals surface area contributed by atoms with Crippen LogP contribution in [0.4, 0.5) is 0 Å². The molecule has 2 rings (SSSR count). The molecule has 74 valence electrons. The molecule has 2 heterocycles. The molecule has 2 fully saturated rings. The molecule has 0 unspecified atom stereocenters. The van der Waals surface area contributed by atoms with Crippen molar-refractivity contribution in [2.45, 2.75) is 33.1 Å². The summed E-state index contributed by atoms with van der Waals surface area (Å²) in [6.07, 6.45) is 4.19. The minimum atomic E-state index is 0. The van der Waals surface area contributed by atoms with Crippen LogP contribution in [-0.4, -0.2) is 26.2 Å². The van der Waals surface area contributed by atoms with Crippen LogP contribution in [0.3, 0.4) is 0 Å². The molecule has 0 radical (unpaired) electrons. The predicted molar refractivity (Wildman–Crippen MR) is 55.5 cm³/mol. The monoisotopic (exact) mass is 172 g/mol. The SMILES string of the molecule is C1CC2(CCN1)CCNC2.CC.[HH]. The van der Waals surface area contributed by atoms with Gasteiger partial charge >= 0.3 is 0 Å². The average molecular weight is 172 g/mol. The largest absolute Gasteiger partial charge is 0.317 e. The van der Waals surface area contributed by atoms with Gasteiger partial charge in [-0.25, -0.2) is 0 Å². The summed E-state index contributed by atoms with van der Waals surface area (Å²) in [6.45, 7) is 9.00. The highest BCUT2D eigenvalue weighted by atomic mass is 15.0. The molecule has 0 aromatic heterocycles. The van der Waals surface area contributed by atoms with Gasteiger partial charge in [0.05, 0.1) is 0 Å². The molecule has 2 aliphatic heterocycles. The lowest BCUT2D eigenvalue weighted by molar-refractivity contribution is 0.229. The Bertz CT molecular complexity index is 114. The standard InChI is InChI=1S/C8H16N2.C2H6.H2/c1-4-9-5-2-8(1)3-6-10-7-8;1-2;/h9-10H,1-7H2;1-2H3;1H. The van der Waals surface area contributed by atoms with Crippen LogP contribution in [0.2, 0.25) is 0 Å². The second-order valence-electron chi connectivity index (χ2n) is 3.68. The second-order valence-corrected chi connectivity index (χ2v) is 3.68. The molecule has 0 saturated carbocycles. The van der Waals surface area contributed by atoms with E-state index < -0.39 is 0 Å². The molecule has 2 aliphatic rings. The first kappa shape index (κ1) is 10.0. The first-order valence-electron chi connectivity index (χ1n) is 5.33. The number of nitrogens with one attached hydrogen (secondary N) is 2. The molecule has 0 atom stereocenters. The van der Waals surface area contributed by atoms with Crippen molar-refractivity contribution in [1.82, 2.24) is 10.6 Å². The van der Waals surface area contributed by atoms with Crippen LogP contribution in [0.5, 0.6) is 0 Å². The smallest absolute Gasteiger partial charge is 0.000924 e. The fraction of sp³-hybridized carbons (Fsp3) is 1.00. The maximum absolute atomic E-state index is 3.46. The van der Waals surface area contributed by atoms with Crippen molar-refractivity contribution in [3.05, 3.63) is 0 Å². The summed E-state index contributed by atoms with van der Waals surface area (Å²) in [6, 6.07) is 0. The van der Waals surface area contributed by atoms with Gasteiger partial charge < -0.3 is 10.6 Å². The molecule has 0 amide bonds. The zero-order valence-electron chi connectivity index (χ0n) is 8.45. The Kier molecular flexibility index (Phi) is 4.02. The molecular formula is C10H24N2. The zero-order chi connectivity index (χ0) is 8.86. The van der Waals surface area contributed by atoms with Crippen LogP contribution in [0.25, 0.3) is 0 Å². The molecule has 0 aromatic carbocycles. The molecular weight excluding hydrogens is 148 g/mol. The summed E-state index contributed by atoms with van der Waals surface area (Å²) in [4.78, 5) is 0. The van der Waals surface area contributed by atoms with E-state index in [1.807, 2.05) is 13.8 Å². The molecule has 2 N–H and O–H groups in total. The highest BCUT2D eigenvalue weighted by molar-refractivity contribution is 4.90. The third-order valence-corrected chi connectivity index (χ3v) is 3.00. The number of rotatable bonds is 0. The number of hydrogen-bond acceptors (Lipinski definition) is 2. The van der Waals surface area contributed by atoms with Crippen molar-refractivity contribution in [2.24, 2.45) is 5.41 Å². The molecule has 2 nitrogen and oxygen atoms in total. The molecule has 2 heteroatoms. The topological polar surface area (TPSA) is 24.1 Å². The lowest BCUT2D eigenvalue weighted by atomic mass is 9.78. The Labute approximate surface area is 77.6 Å². The Morgan fingerprint density at radius 3 is 1.92 bits per heavy atom. The fourth-order valence-corrected chi connectivity index (χ4v) is 2.18. The van der Waals surface area contributed by atoms with Gasteiger partial charge in [0.2, 0.25) is 0 Å². The first-order chi connectivity index (χ1) is 5.91. The van der Waals surface area contributed by atoms with E-state index in [9.17, 15) is 0 Å². The molecule has 2 saturated heterocycles. The highest BCUT2D eigenvalue weighted by Gasteiger charge is 2.34. The van der Waals surface area contributed by atoms with E-state index >= 15 is 0 Å². The van der Waals surface area contributed by atoms with Crippen LogP contribution in [0.1, 0.15) is 34.5 Å². The third kappa shape index (κ3) is 2.20. The maximum Gasteiger partial charge on any atom is 0.000924 e. The molecule has 12 heavy (non-hydrogen) atoms. The van der Waals surface area contributed by atoms with E-state index in [4.69, 9.17) is 0 Å². The summed E-state index contributed by atoms with van der Waals surface area (Å²) in [7, 11) is 0. The van der Waals surface area contributed by atoms with Crippen molar-refractivity contribution in [3.8, 4) is 0 Å². The van der Waals surface area contributed by atoms with Gasteiger partial charge in [-0.1, -0.05) is 13.8 Å². The number of piperidine rings is 1. The number of hydrogen-bond donors (Lipinski definition) is 2. The second kappa shape index (κ2) is 4.83. The van der Waals surface area contributed by atoms with Crippen LogP contribution in [0, 0.1) is 5.41 Å². The van der Waals surface area contributed by atoms with E-state index in [-0.39, 0.29) is 1.43 Å². The van der Waals surface area contributed by atoms with E-state index in [0.717, 1.165) is 0 Å². The van der Waals surface area contributed by atoms with Crippen LogP contribution >= 0.6 is 0 Å². The Balaban J connectivity index is 0.000000451. The summed E-state index contributed by atoms with van der Waals surface area (Å²) in [5.41, 5.74) is 0.700. The molecule has 0 aromatic rings. The van der Waals surface area contributed by atoms with Crippen molar-refractivity contribution in [2.75, 3.05) is 26.2 Å². The van der Waals surface area contributed by atoms with Gasteiger partial charge in [0.15, 0.2) is 0 Å². The quantitative estimate of drug-likeness (QED) is 0.580. The zero-order valence-corrected chi connectivity index (χ0v) is 8.45. The van der Waals surface area contributed by atoms with Gasteiger partial charge in [-0.3, -0.25) is 0 Å². The fourth-order valence-electron chi connectivity index (χ4n) is 2.18. The van der Waals surface area contributed by atoms with Crippen molar-refractivity contribution < 1.29 is 1.43 Å². The molecule has 0 aliphatic carbocycles. The summed E-state index contributed by atoms with van der Waals surface area (Å²) in [5.74, 6) is 0.